The molecule has 2 aromatic rings. The quantitative estimate of drug-likeness (QED) is 0.597. The van der Waals surface area contributed by atoms with E-state index in [1.807, 2.05) is 20.8 Å². The van der Waals surface area contributed by atoms with Crippen LogP contribution < -0.4 is 9.64 Å². The SMILES string of the molecule is CN1CC(O)N(c2nnc(C(Oc3ccccc3[N+](=O)[O-])C(C)(C)C)s2)C1=O. The summed E-state index contributed by atoms with van der Waals surface area (Å²) in [4.78, 5) is 25.6. The molecule has 2 amide bonds. The van der Waals surface area contributed by atoms with Gasteiger partial charge in [-0.3, -0.25) is 10.1 Å². The second-order valence-corrected chi connectivity index (χ2v) is 8.51. The minimum absolute atomic E-state index is 0.126. The number of carbonyl (C=O) groups excluding carboxylic acids is 1. The molecular formula is C17H21N5O5S. The third-order valence-corrected chi connectivity index (χ3v) is 5.19. The Labute approximate surface area is 165 Å². The minimum atomic E-state index is -1.01. The van der Waals surface area contributed by atoms with Gasteiger partial charge in [0.15, 0.2) is 23.1 Å². The third kappa shape index (κ3) is 3.76. The van der Waals surface area contributed by atoms with E-state index < -0.39 is 22.7 Å². The fourth-order valence-corrected chi connectivity index (χ4v) is 3.94. The summed E-state index contributed by atoms with van der Waals surface area (Å²) in [6, 6.07) is 5.75. The molecule has 0 spiro atoms. The van der Waals surface area contributed by atoms with Gasteiger partial charge < -0.3 is 14.7 Å². The number of amides is 2. The second kappa shape index (κ2) is 7.32. The molecule has 28 heavy (non-hydrogen) atoms. The van der Waals surface area contributed by atoms with Gasteiger partial charge in [-0.1, -0.05) is 44.2 Å². The van der Waals surface area contributed by atoms with E-state index in [0.29, 0.717) is 5.01 Å². The standard InChI is InChI=1S/C17H21N5O5S/c1-17(2,3)13(27-11-8-6-5-7-10(11)22(25)26)14-18-19-15(28-14)21-12(23)9-20(4)16(21)24/h5-8,12-13,23H,9H2,1-4H3. The van der Waals surface area contributed by atoms with Gasteiger partial charge in [0.2, 0.25) is 5.13 Å². The number of benzene rings is 1. The number of ether oxygens (including phenoxy) is 1. The normalized spacial score (nSPS) is 18.5. The number of nitro groups is 1. The van der Waals surface area contributed by atoms with E-state index in [4.69, 9.17) is 4.74 Å². The Morgan fingerprint density at radius 2 is 2.04 bits per heavy atom. The number of hydrogen-bond acceptors (Lipinski definition) is 8. The molecule has 1 N–H and O–H groups in total. The number of nitrogens with zero attached hydrogens (tertiary/aromatic N) is 5. The Balaban J connectivity index is 1.94. The first kappa shape index (κ1) is 20.0. The summed E-state index contributed by atoms with van der Waals surface area (Å²) in [5.41, 5.74) is -0.612. The van der Waals surface area contributed by atoms with E-state index in [9.17, 15) is 20.0 Å². The number of hydrogen-bond donors (Lipinski definition) is 1. The summed E-state index contributed by atoms with van der Waals surface area (Å²) in [5, 5.41) is 30.3. The van der Waals surface area contributed by atoms with Crippen molar-refractivity contribution in [1.29, 1.82) is 0 Å². The lowest BCUT2D eigenvalue weighted by Gasteiger charge is -2.29. The van der Waals surface area contributed by atoms with Crippen LogP contribution in [0.1, 0.15) is 31.9 Å². The Bertz CT molecular complexity index is 896. The molecule has 1 aromatic heterocycles. The summed E-state index contributed by atoms with van der Waals surface area (Å²) < 4.78 is 6.00. The molecule has 0 radical (unpaired) electrons. The summed E-state index contributed by atoms with van der Waals surface area (Å²) >= 11 is 1.11. The number of aliphatic hydroxyl groups excluding tert-OH is 1. The molecule has 2 heterocycles. The van der Waals surface area contributed by atoms with Crippen LogP contribution in [0, 0.1) is 15.5 Å². The van der Waals surface area contributed by atoms with Crippen LogP contribution >= 0.6 is 11.3 Å². The number of aliphatic hydroxyl groups is 1. The van der Waals surface area contributed by atoms with Crippen LogP contribution in [-0.2, 0) is 0 Å². The van der Waals surface area contributed by atoms with Crippen LogP contribution in [0.4, 0.5) is 15.6 Å². The smallest absolute Gasteiger partial charge is 0.328 e. The van der Waals surface area contributed by atoms with Crippen LogP contribution in [0.5, 0.6) is 5.75 Å². The highest BCUT2D eigenvalue weighted by molar-refractivity contribution is 7.15. The van der Waals surface area contributed by atoms with E-state index in [0.717, 1.165) is 11.3 Å². The highest BCUT2D eigenvalue weighted by Gasteiger charge is 2.39. The van der Waals surface area contributed by atoms with Gasteiger partial charge in [0.05, 0.1) is 11.5 Å². The average Bonchev–Trinajstić information content (AvgIpc) is 3.16. The van der Waals surface area contributed by atoms with Gasteiger partial charge in [0, 0.05) is 18.5 Å². The number of carbonyl (C=O) groups is 1. The molecule has 1 aromatic carbocycles. The van der Waals surface area contributed by atoms with Gasteiger partial charge >= 0.3 is 11.7 Å². The van der Waals surface area contributed by atoms with Gasteiger partial charge in [-0.15, -0.1) is 10.2 Å². The van der Waals surface area contributed by atoms with Crippen LogP contribution in [0.15, 0.2) is 24.3 Å². The van der Waals surface area contributed by atoms with Gasteiger partial charge in [-0.2, -0.15) is 0 Å². The number of rotatable bonds is 5. The first-order valence-corrected chi connectivity index (χ1v) is 9.37. The Hall–Kier alpha value is -2.79. The molecule has 0 bridgehead atoms. The van der Waals surface area contributed by atoms with Crippen molar-refractivity contribution >= 4 is 28.2 Å². The van der Waals surface area contributed by atoms with Gasteiger partial charge in [0.1, 0.15) is 0 Å². The molecule has 1 aliphatic heterocycles. The second-order valence-electron chi connectivity index (χ2n) is 7.53. The molecule has 1 fully saturated rings. The fourth-order valence-electron chi connectivity index (χ4n) is 2.79. The molecule has 3 rings (SSSR count). The van der Waals surface area contributed by atoms with Crippen molar-refractivity contribution in [3.05, 3.63) is 39.4 Å². The number of nitro benzene ring substituents is 1. The van der Waals surface area contributed by atoms with E-state index in [-0.39, 0.29) is 29.1 Å². The lowest BCUT2D eigenvalue weighted by atomic mass is 9.89. The largest absolute Gasteiger partial charge is 0.475 e. The molecule has 2 atom stereocenters. The van der Waals surface area contributed by atoms with Crippen LogP contribution in [0.3, 0.4) is 0 Å². The zero-order valence-corrected chi connectivity index (χ0v) is 16.7. The van der Waals surface area contributed by atoms with Crippen molar-refractivity contribution in [2.75, 3.05) is 18.5 Å². The predicted molar refractivity (Wildman–Crippen MR) is 102 cm³/mol. The van der Waals surface area contributed by atoms with Crippen molar-refractivity contribution in [3.63, 3.8) is 0 Å². The summed E-state index contributed by atoms with van der Waals surface area (Å²) in [7, 11) is 1.59. The third-order valence-electron chi connectivity index (χ3n) is 4.22. The van der Waals surface area contributed by atoms with Crippen molar-refractivity contribution in [2.24, 2.45) is 5.41 Å². The van der Waals surface area contributed by atoms with E-state index >= 15 is 0 Å². The summed E-state index contributed by atoms with van der Waals surface area (Å²) in [6.45, 7) is 5.91. The van der Waals surface area contributed by atoms with Gasteiger partial charge in [-0.25, -0.2) is 9.69 Å². The number of β-amino-alcohol motifs (C(OH)–C–C–N with tert-alkyl or cyclic N) is 1. The number of aromatic nitrogens is 2. The maximum absolute atomic E-state index is 12.2. The minimum Gasteiger partial charge on any atom is -0.475 e. The van der Waals surface area contributed by atoms with Gasteiger partial charge in [-0.05, 0) is 6.07 Å². The van der Waals surface area contributed by atoms with Crippen molar-refractivity contribution in [3.8, 4) is 5.75 Å². The summed E-state index contributed by atoms with van der Waals surface area (Å²) in [6.07, 6.45) is -1.66. The van der Waals surface area contributed by atoms with Crippen molar-refractivity contribution < 1.29 is 19.6 Å². The molecule has 0 aliphatic carbocycles. The molecule has 1 saturated heterocycles. The fraction of sp³-hybridized carbons (Fsp3) is 0.471. The maximum Gasteiger partial charge on any atom is 0.328 e. The van der Waals surface area contributed by atoms with E-state index in [1.54, 1.807) is 19.2 Å². The first-order valence-electron chi connectivity index (χ1n) is 8.55. The predicted octanol–water partition coefficient (Wildman–Crippen LogP) is 2.80. The zero-order chi connectivity index (χ0) is 20.6. The highest BCUT2D eigenvalue weighted by atomic mass is 32.1. The molecule has 10 nitrogen and oxygen atoms in total. The van der Waals surface area contributed by atoms with Crippen molar-refractivity contribution in [1.82, 2.24) is 15.1 Å². The topological polar surface area (TPSA) is 122 Å². The maximum atomic E-state index is 12.2. The van der Waals surface area contributed by atoms with Crippen LogP contribution in [0.2, 0.25) is 0 Å². The Morgan fingerprint density at radius 3 is 2.61 bits per heavy atom. The lowest BCUT2D eigenvalue weighted by Crippen LogP contribution is -2.34. The Kier molecular flexibility index (Phi) is 5.22. The van der Waals surface area contributed by atoms with Gasteiger partial charge in [0.25, 0.3) is 0 Å². The molecule has 11 heteroatoms. The van der Waals surface area contributed by atoms with E-state index in [2.05, 4.69) is 10.2 Å². The average molecular weight is 407 g/mol. The van der Waals surface area contributed by atoms with Crippen LogP contribution in [0.25, 0.3) is 0 Å². The van der Waals surface area contributed by atoms with Crippen molar-refractivity contribution in [2.45, 2.75) is 33.1 Å². The summed E-state index contributed by atoms with van der Waals surface area (Å²) in [5.74, 6) is 0.126. The highest BCUT2D eigenvalue weighted by Crippen LogP contribution is 2.42. The molecule has 0 saturated carbocycles. The molecule has 150 valence electrons. The monoisotopic (exact) mass is 407 g/mol. The van der Waals surface area contributed by atoms with Crippen LogP contribution in [-0.4, -0.2) is 51.0 Å². The lowest BCUT2D eigenvalue weighted by molar-refractivity contribution is -0.386. The number of anilines is 1. The zero-order valence-electron chi connectivity index (χ0n) is 15.9. The Morgan fingerprint density at radius 1 is 1.36 bits per heavy atom. The number of para-hydroxylation sites is 2. The van der Waals surface area contributed by atoms with E-state index in [1.165, 1.54) is 21.9 Å². The molecule has 2 unspecified atom stereocenters. The molecular weight excluding hydrogens is 386 g/mol. The number of likely N-dealkylation sites (N-methyl/N-ethyl adjacent to an activating group) is 1. The first-order chi connectivity index (χ1) is 13.1. The molecule has 1 aliphatic rings. The number of urea groups is 1.